The summed E-state index contributed by atoms with van der Waals surface area (Å²) in [6.07, 6.45) is 0. The molecule has 0 amide bonds. The van der Waals surface area contributed by atoms with E-state index < -0.39 is 0 Å². The van der Waals surface area contributed by atoms with Crippen molar-refractivity contribution >= 4 is 17.4 Å². The number of methoxy groups -OCH3 is 1. The maximum Gasteiger partial charge on any atom is 0.231 e. The van der Waals surface area contributed by atoms with Gasteiger partial charge in [-0.15, -0.1) is 0 Å². The van der Waals surface area contributed by atoms with Gasteiger partial charge in [-0.05, 0) is 54.1 Å². The minimum absolute atomic E-state index is 0.0757. The largest absolute Gasteiger partial charge is 0.497 e. The average Bonchev–Trinajstić information content (AvgIpc) is 3.19. The van der Waals surface area contributed by atoms with Crippen LogP contribution in [0.25, 0.3) is 22.4 Å². The predicted molar refractivity (Wildman–Crippen MR) is 109 cm³/mol. The third kappa shape index (κ3) is 3.77. The predicted octanol–water partition coefficient (Wildman–Crippen LogP) is 6.04. The fourth-order valence-electron chi connectivity index (χ4n) is 3.01. The van der Waals surface area contributed by atoms with Crippen molar-refractivity contribution in [3.05, 3.63) is 95.0 Å². The molecule has 0 unspecified atom stereocenters. The van der Waals surface area contributed by atoms with Crippen LogP contribution < -0.4 is 4.74 Å². The fraction of sp³-hybridized carbons (Fsp3) is 0.0435. The molecule has 29 heavy (non-hydrogen) atoms. The highest BCUT2D eigenvalue weighted by atomic mass is 35.5. The third-order valence-electron chi connectivity index (χ3n) is 4.50. The minimum Gasteiger partial charge on any atom is -0.497 e. The van der Waals surface area contributed by atoms with E-state index in [2.05, 4.69) is 5.16 Å². The summed E-state index contributed by atoms with van der Waals surface area (Å²) < 4.78 is 24.1. The zero-order valence-corrected chi connectivity index (χ0v) is 16.1. The number of ether oxygens (including phenoxy) is 1. The lowest BCUT2D eigenvalue weighted by molar-refractivity contribution is 0.100. The third-order valence-corrected chi connectivity index (χ3v) is 4.75. The Balaban J connectivity index is 1.86. The first-order chi connectivity index (χ1) is 14.1. The van der Waals surface area contributed by atoms with E-state index in [9.17, 15) is 9.18 Å². The Labute approximate surface area is 171 Å². The molecule has 144 valence electrons. The van der Waals surface area contributed by atoms with Crippen LogP contribution in [0.4, 0.5) is 4.39 Å². The molecule has 0 saturated heterocycles. The Bertz CT molecular complexity index is 1150. The molecule has 0 fully saturated rings. The number of hydrogen-bond donors (Lipinski definition) is 0. The molecule has 0 aliphatic rings. The van der Waals surface area contributed by atoms with Crippen molar-refractivity contribution in [2.75, 3.05) is 7.11 Å². The number of aromatic nitrogens is 1. The van der Waals surface area contributed by atoms with Crippen molar-refractivity contribution < 1.29 is 18.4 Å². The Morgan fingerprint density at radius 3 is 2.17 bits per heavy atom. The van der Waals surface area contributed by atoms with Crippen molar-refractivity contribution in [2.45, 2.75) is 0 Å². The van der Waals surface area contributed by atoms with Crippen LogP contribution in [0.1, 0.15) is 16.1 Å². The zero-order valence-electron chi connectivity index (χ0n) is 15.4. The summed E-state index contributed by atoms with van der Waals surface area (Å²) in [5, 5.41) is 4.72. The van der Waals surface area contributed by atoms with E-state index in [0.29, 0.717) is 33.2 Å². The summed E-state index contributed by atoms with van der Waals surface area (Å²) in [5.41, 5.74) is 2.74. The highest BCUT2D eigenvalue weighted by Gasteiger charge is 2.25. The van der Waals surface area contributed by atoms with Gasteiger partial charge in [0.05, 0.1) is 12.7 Å². The number of hydrogen-bond acceptors (Lipinski definition) is 4. The van der Waals surface area contributed by atoms with Crippen molar-refractivity contribution in [3.8, 4) is 28.1 Å². The van der Waals surface area contributed by atoms with Gasteiger partial charge in [0, 0.05) is 16.1 Å². The maximum atomic E-state index is 13.5. The van der Waals surface area contributed by atoms with Crippen molar-refractivity contribution in [1.29, 1.82) is 0 Å². The second-order valence-corrected chi connectivity index (χ2v) is 6.74. The van der Waals surface area contributed by atoms with Gasteiger partial charge in [0.25, 0.3) is 0 Å². The second-order valence-electron chi connectivity index (χ2n) is 6.31. The molecule has 1 aromatic heterocycles. The minimum atomic E-state index is -0.374. The zero-order chi connectivity index (χ0) is 20.4. The highest BCUT2D eigenvalue weighted by molar-refractivity contribution is 6.30. The van der Waals surface area contributed by atoms with E-state index in [1.54, 1.807) is 67.8 Å². The van der Waals surface area contributed by atoms with Crippen LogP contribution in [0.15, 0.2) is 77.3 Å². The summed E-state index contributed by atoms with van der Waals surface area (Å²) in [7, 11) is 1.55. The molecule has 0 N–H and O–H groups in total. The lowest BCUT2D eigenvalue weighted by Gasteiger charge is -2.06. The van der Waals surface area contributed by atoms with Crippen LogP contribution in [0, 0.1) is 5.82 Å². The number of halogens is 2. The SMILES string of the molecule is COc1ccc(C(=O)c2onc(-c3ccc(Cl)cc3)c2-c2ccc(F)cc2)cc1. The maximum absolute atomic E-state index is 13.5. The van der Waals surface area contributed by atoms with Crippen molar-refractivity contribution in [1.82, 2.24) is 5.16 Å². The number of nitrogens with zero attached hydrogens (tertiary/aromatic N) is 1. The molecule has 0 spiro atoms. The van der Waals surface area contributed by atoms with Gasteiger partial charge >= 0.3 is 0 Å². The molecule has 1 heterocycles. The van der Waals surface area contributed by atoms with Crippen molar-refractivity contribution in [2.24, 2.45) is 0 Å². The van der Waals surface area contributed by atoms with E-state index in [-0.39, 0.29) is 17.4 Å². The molecule has 0 bridgehead atoms. The number of rotatable bonds is 5. The van der Waals surface area contributed by atoms with E-state index >= 15 is 0 Å². The molecular formula is C23H15ClFNO3. The molecule has 4 rings (SSSR count). The van der Waals surface area contributed by atoms with E-state index in [0.717, 1.165) is 5.56 Å². The smallest absolute Gasteiger partial charge is 0.231 e. The lowest BCUT2D eigenvalue weighted by atomic mass is 9.96. The van der Waals surface area contributed by atoms with Gasteiger partial charge < -0.3 is 9.26 Å². The van der Waals surface area contributed by atoms with Crippen molar-refractivity contribution in [3.63, 3.8) is 0 Å². The van der Waals surface area contributed by atoms with Gasteiger partial charge in [-0.3, -0.25) is 4.79 Å². The van der Waals surface area contributed by atoms with Gasteiger partial charge in [-0.2, -0.15) is 0 Å². The molecule has 0 saturated carbocycles. The topological polar surface area (TPSA) is 52.3 Å². The van der Waals surface area contributed by atoms with E-state index in [4.69, 9.17) is 20.9 Å². The Kier molecular flexibility index (Phi) is 5.14. The van der Waals surface area contributed by atoms with Gasteiger partial charge in [0.15, 0.2) is 0 Å². The standard InChI is InChI=1S/C23H15ClFNO3/c1-28-19-12-6-16(7-13-19)22(27)23-20(14-4-10-18(25)11-5-14)21(26-29-23)15-2-8-17(24)9-3-15/h2-13H,1H3. The van der Waals surface area contributed by atoms with Gasteiger partial charge in [0.2, 0.25) is 11.5 Å². The van der Waals surface area contributed by atoms with Crippen LogP contribution in [0.5, 0.6) is 5.75 Å². The first-order valence-corrected chi connectivity index (χ1v) is 9.15. The monoisotopic (exact) mass is 407 g/mol. The molecule has 3 aromatic carbocycles. The average molecular weight is 408 g/mol. The number of carbonyl (C=O) groups is 1. The molecule has 0 aliphatic carbocycles. The van der Waals surface area contributed by atoms with Crippen LogP contribution in [0.3, 0.4) is 0 Å². The first kappa shape index (κ1) is 18.9. The van der Waals surface area contributed by atoms with Gasteiger partial charge in [0.1, 0.15) is 17.3 Å². The Morgan fingerprint density at radius 2 is 1.55 bits per heavy atom. The molecular weight excluding hydrogens is 393 g/mol. The number of carbonyl (C=O) groups excluding carboxylic acids is 1. The highest BCUT2D eigenvalue weighted by Crippen LogP contribution is 2.36. The molecule has 4 nitrogen and oxygen atoms in total. The Morgan fingerprint density at radius 1 is 0.931 bits per heavy atom. The summed E-state index contributed by atoms with van der Waals surface area (Å²) in [6, 6.07) is 19.6. The number of ketones is 1. The van der Waals surface area contributed by atoms with Gasteiger partial charge in [-0.1, -0.05) is 41.0 Å². The Hall–Kier alpha value is -3.44. The molecule has 0 aliphatic heterocycles. The molecule has 4 aromatic rings. The first-order valence-electron chi connectivity index (χ1n) is 8.77. The van der Waals surface area contributed by atoms with Crippen LogP contribution >= 0.6 is 11.6 Å². The summed E-state index contributed by atoms with van der Waals surface area (Å²) >= 11 is 5.98. The van der Waals surface area contributed by atoms with Crippen LogP contribution in [-0.2, 0) is 0 Å². The molecule has 6 heteroatoms. The summed E-state index contributed by atoms with van der Waals surface area (Å²) in [5.74, 6) is 0.00688. The summed E-state index contributed by atoms with van der Waals surface area (Å²) in [4.78, 5) is 13.1. The van der Waals surface area contributed by atoms with Gasteiger partial charge in [-0.25, -0.2) is 4.39 Å². The normalized spacial score (nSPS) is 10.7. The second kappa shape index (κ2) is 7.89. The molecule has 0 radical (unpaired) electrons. The molecule has 0 atom stereocenters. The van der Waals surface area contributed by atoms with Crippen LogP contribution in [-0.4, -0.2) is 18.0 Å². The summed E-state index contributed by atoms with van der Waals surface area (Å²) in [6.45, 7) is 0. The number of benzene rings is 3. The quantitative estimate of drug-likeness (QED) is 0.378. The van der Waals surface area contributed by atoms with E-state index in [1.807, 2.05) is 0 Å². The lowest BCUT2D eigenvalue weighted by Crippen LogP contribution is -2.02. The van der Waals surface area contributed by atoms with E-state index in [1.165, 1.54) is 12.1 Å². The fourth-order valence-corrected chi connectivity index (χ4v) is 3.13. The van der Waals surface area contributed by atoms with Crippen LogP contribution in [0.2, 0.25) is 5.02 Å².